The van der Waals surface area contributed by atoms with Crippen LogP contribution in [-0.4, -0.2) is 34.1 Å². The van der Waals surface area contributed by atoms with E-state index in [1.54, 1.807) is 0 Å². The van der Waals surface area contributed by atoms with Crippen LogP contribution in [-0.2, 0) is 17.7 Å². The monoisotopic (exact) mass is 236 g/mol. The van der Waals surface area contributed by atoms with E-state index in [0.717, 1.165) is 43.6 Å². The summed E-state index contributed by atoms with van der Waals surface area (Å²) in [7, 11) is 0. The highest BCUT2D eigenvalue weighted by atomic mass is 16.5. The number of hydrogen-bond acceptors (Lipinski definition) is 3. The molecule has 1 saturated heterocycles. The highest BCUT2D eigenvalue weighted by molar-refractivity contribution is 5.90. The molecule has 1 aromatic rings. The third kappa shape index (κ3) is 1.74. The number of fused-ring (bicyclic) bond motifs is 1. The van der Waals surface area contributed by atoms with Crippen molar-refractivity contribution in [2.45, 2.75) is 38.1 Å². The van der Waals surface area contributed by atoms with Crippen LogP contribution in [0.2, 0.25) is 0 Å². The van der Waals surface area contributed by atoms with Crippen molar-refractivity contribution in [1.82, 2.24) is 9.78 Å². The van der Waals surface area contributed by atoms with Crippen molar-refractivity contribution in [3.05, 3.63) is 17.0 Å². The van der Waals surface area contributed by atoms with Crippen molar-refractivity contribution in [2.75, 3.05) is 13.2 Å². The average molecular weight is 236 g/mol. The smallest absolute Gasteiger partial charge is 0.339 e. The molecule has 1 fully saturated rings. The number of carboxylic acid groups (broad SMARTS) is 1. The van der Waals surface area contributed by atoms with Gasteiger partial charge in [-0.15, -0.1) is 0 Å². The summed E-state index contributed by atoms with van der Waals surface area (Å²) in [4.78, 5) is 11.4. The number of nitrogens with zero attached hydrogens (tertiary/aromatic N) is 2. The standard InChI is InChI=1S/C12H16N2O3/c15-12(16)10-9-2-1-5-14(9)13-11(10)8-3-6-17-7-4-8/h8H,1-7H2,(H,15,16). The summed E-state index contributed by atoms with van der Waals surface area (Å²) in [6.07, 6.45) is 3.63. The average Bonchev–Trinajstić information content (AvgIpc) is 2.88. The van der Waals surface area contributed by atoms with Crippen LogP contribution in [0.3, 0.4) is 0 Å². The van der Waals surface area contributed by atoms with Crippen LogP contribution in [0, 0.1) is 0 Å². The molecule has 17 heavy (non-hydrogen) atoms. The Kier molecular flexibility index (Phi) is 2.63. The first kappa shape index (κ1) is 10.8. The Hall–Kier alpha value is -1.36. The molecule has 3 rings (SSSR count). The number of hydrogen-bond donors (Lipinski definition) is 1. The Balaban J connectivity index is 2.00. The summed E-state index contributed by atoms with van der Waals surface area (Å²) in [5.41, 5.74) is 2.17. The number of carbonyl (C=O) groups is 1. The second-order valence-electron chi connectivity index (χ2n) is 4.73. The molecule has 1 aromatic heterocycles. The fraction of sp³-hybridized carbons (Fsp3) is 0.667. The molecule has 2 aliphatic heterocycles. The lowest BCUT2D eigenvalue weighted by atomic mass is 9.92. The molecular formula is C12H16N2O3. The van der Waals surface area contributed by atoms with Crippen LogP contribution in [0.15, 0.2) is 0 Å². The van der Waals surface area contributed by atoms with Crippen molar-refractivity contribution >= 4 is 5.97 Å². The second kappa shape index (κ2) is 4.14. The zero-order valence-electron chi connectivity index (χ0n) is 9.69. The lowest BCUT2D eigenvalue weighted by Gasteiger charge is -2.20. The maximum Gasteiger partial charge on any atom is 0.339 e. The summed E-state index contributed by atoms with van der Waals surface area (Å²) in [6, 6.07) is 0. The fourth-order valence-corrected chi connectivity index (χ4v) is 2.84. The number of aromatic carboxylic acids is 1. The minimum atomic E-state index is -0.824. The predicted molar refractivity (Wildman–Crippen MR) is 60.3 cm³/mol. The van der Waals surface area contributed by atoms with Crippen LogP contribution in [0.1, 0.15) is 46.9 Å². The Bertz CT molecular complexity index is 447. The first-order valence-corrected chi connectivity index (χ1v) is 6.18. The van der Waals surface area contributed by atoms with Crippen LogP contribution in [0.25, 0.3) is 0 Å². The van der Waals surface area contributed by atoms with Gasteiger partial charge in [0.25, 0.3) is 0 Å². The molecule has 3 heterocycles. The molecular weight excluding hydrogens is 220 g/mol. The second-order valence-corrected chi connectivity index (χ2v) is 4.73. The third-order valence-electron chi connectivity index (χ3n) is 3.69. The Morgan fingerprint density at radius 3 is 2.88 bits per heavy atom. The molecule has 5 nitrogen and oxygen atoms in total. The predicted octanol–water partition coefficient (Wildman–Crippen LogP) is 1.42. The Morgan fingerprint density at radius 1 is 1.41 bits per heavy atom. The third-order valence-corrected chi connectivity index (χ3v) is 3.69. The zero-order chi connectivity index (χ0) is 11.8. The van der Waals surface area contributed by atoms with E-state index in [1.807, 2.05) is 4.68 Å². The van der Waals surface area contributed by atoms with Crippen molar-refractivity contribution in [3.8, 4) is 0 Å². The fourth-order valence-electron chi connectivity index (χ4n) is 2.84. The van der Waals surface area contributed by atoms with E-state index in [-0.39, 0.29) is 5.92 Å². The lowest BCUT2D eigenvalue weighted by molar-refractivity contribution is 0.0683. The maximum absolute atomic E-state index is 11.4. The largest absolute Gasteiger partial charge is 0.478 e. The minimum Gasteiger partial charge on any atom is -0.478 e. The molecule has 92 valence electrons. The highest BCUT2D eigenvalue weighted by Crippen LogP contribution is 2.32. The molecule has 0 aromatic carbocycles. The van der Waals surface area contributed by atoms with Gasteiger partial charge in [-0.25, -0.2) is 4.79 Å². The van der Waals surface area contributed by atoms with Gasteiger partial charge in [-0.05, 0) is 25.7 Å². The molecule has 0 amide bonds. The molecule has 0 radical (unpaired) electrons. The molecule has 0 bridgehead atoms. The zero-order valence-corrected chi connectivity index (χ0v) is 9.69. The first-order chi connectivity index (χ1) is 8.27. The topological polar surface area (TPSA) is 64.3 Å². The minimum absolute atomic E-state index is 0.257. The van der Waals surface area contributed by atoms with E-state index < -0.39 is 5.97 Å². The quantitative estimate of drug-likeness (QED) is 0.843. The van der Waals surface area contributed by atoms with E-state index in [2.05, 4.69) is 5.10 Å². The van der Waals surface area contributed by atoms with E-state index in [4.69, 9.17) is 4.74 Å². The number of ether oxygens (including phenoxy) is 1. The normalized spacial score (nSPS) is 20.5. The lowest BCUT2D eigenvalue weighted by Crippen LogP contribution is -2.17. The van der Waals surface area contributed by atoms with Gasteiger partial charge in [-0.1, -0.05) is 0 Å². The number of rotatable bonds is 2. The van der Waals surface area contributed by atoms with E-state index >= 15 is 0 Å². The summed E-state index contributed by atoms with van der Waals surface area (Å²) >= 11 is 0. The van der Waals surface area contributed by atoms with Gasteiger partial charge in [-0.2, -0.15) is 5.10 Å². The van der Waals surface area contributed by atoms with E-state index in [0.29, 0.717) is 18.8 Å². The summed E-state index contributed by atoms with van der Waals surface area (Å²) in [5, 5.41) is 13.9. The van der Waals surface area contributed by atoms with Crippen molar-refractivity contribution in [3.63, 3.8) is 0 Å². The summed E-state index contributed by atoms with van der Waals surface area (Å²) in [6.45, 7) is 2.29. The Morgan fingerprint density at radius 2 is 2.18 bits per heavy atom. The van der Waals surface area contributed by atoms with Gasteiger partial charge in [0.2, 0.25) is 0 Å². The van der Waals surface area contributed by atoms with Gasteiger partial charge in [0.1, 0.15) is 5.56 Å². The maximum atomic E-state index is 11.4. The van der Waals surface area contributed by atoms with Gasteiger partial charge >= 0.3 is 5.97 Å². The number of aryl methyl sites for hydroxylation is 1. The number of carboxylic acids is 1. The molecule has 0 saturated carbocycles. The number of aromatic nitrogens is 2. The first-order valence-electron chi connectivity index (χ1n) is 6.18. The molecule has 0 atom stereocenters. The van der Waals surface area contributed by atoms with Crippen molar-refractivity contribution in [2.24, 2.45) is 0 Å². The van der Waals surface area contributed by atoms with Gasteiger partial charge in [0.05, 0.1) is 11.4 Å². The van der Waals surface area contributed by atoms with Gasteiger partial charge in [0, 0.05) is 25.7 Å². The van der Waals surface area contributed by atoms with Crippen LogP contribution < -0.4 is 0 Å². The molecule has 5 heteroatoms. The van der Waals surface area contributed by atoms with Gasteiger partial charge < -0.3 is 9.84 Å². The molecule has 0 aliphatic carbocycles. The van der Waals surface area contributed by atoms with Crippen molar-refractivity contribution in [1.29, 1.82) is 0 Å². The SMILES string of the molecule is O=C(O)c1c(C2CCOCC2)nn2c1CCC2. The molecule has 0 spiro atoms. The molecule has 2 aliphatic rings. The molecule has 1 N–H and O–H groups in total. The molecule has 0 unspecified atom stereocenters. The van der Waals surface area contributed by atoms with Crippen LogP contribution >= 0.6 is 0 Å². The summed E-state index contributed by atoms with van der Waals surface area (Å²) in [5.74, 6) is -0.567. The van der Waals surface area contributed by atoms with Gasteiger partial charge in [0.15, 0.2) is 0 Å². The van der Waals surface area contributed by atoms with Crippen molar-refractivity contribution < 1.29 is 14.6 Å². The summed E-state index contributed by atoms with van der Waals surface area (Å²) < 4.78 is 7.20. The van der Waals surface area contributed by atoms with E-state index in [9.17, 15) is 9.90 Å². The van der Waals surface area contributed by atoms with E-state index in [1.165, 1.54) is 0 Å². The highest BCUT2D eigenvalue weighted by Gasteiger charge is 2.31. The van der Waals surface area contributed by atoms with Gasteiger partial charge in [-0.3, -0.25) is 4.68 Å². The van der Waals surface area contributed by atoms with Crippen LogP contribution in [0.5, 0.6) is 0 Å². The Labute approximate surface area is 99.4 Å². The van der Waals surface area contributed by atoms with Crippen LogP contribution in [0.4, 0.5) is 0 Å².